The third kappa shape index (κ3) is 7.37. The first-order chi connectivity index (χ1) is 11.6. The third-order valence-corrected chi connectivity index (χ3v) is 3.66. The maximum Gasteiger partial charge on any atom is 0.387 e. The number of hydrogen-bond acceptors (Lipinski definition) is 4. The zero-order valence-corrected chi connectivity index (χ0v) is 14.1. The van der Waals surface area contributed by atoms with E-state index in [0.717, 1.165) is 25.9 Å². The third-order valence-electron chi connectivity index (χ3n) is 3.42. The minimum Gasteiger partial charge on any atom is -0.435 e. The molecular formula is C16H22F2N2O3S. The van der Waals surface area contributed by atoms with Gasteiger partial charge in [0.2, 0.25) is 0 Å². The van der Waals surface area contributed by atoms with E-state index in [1.165, 1.54) is 12.1 Å². The molecule has 8 heteroatoms. The number of anilines is 1. The molecule has 1 saturated heterocycles. The van der Waals surface area contributed by atoms with Crippen LogP contribution in [0.25, 0.3) is 0 Å². The summed E-state index contributed by atoms with van der Waals surface area (Å²) >= 11 is 5.17. The number of nitrogens with one attached hydrogen (secondary N) is 2. The fourth-order valence-corrected chi connectivity index (χ4v) is 2.48. The summed E-state index contributed by atoms with van der Waals surface area (Å²) in [6.07, 6.45) is 3.27. The van der Waals surface area contributed by atoms with Crippen LogP contribution < -0.4 is 15.4 Å². The van der Waals surface area contributed by atoms with Gasteiger partial charge in [-0.05, 0) is 55.7 Å². The van der Waals surface area contributed by atoms with Gasteiger partial charge in [-0.2, -0.15) is 8.78 Å². The Morgan fingerprint density at radius 2 is 2.12 bits per heavy atom. The molecule has 1 aliphatic rings. The van der Waals surface area contributed by atoms with Gasteiger partial charge in [0.05, 0.1) is 12.7 Å². The van der Waals surface area contributed by atoms with Crippen LogP contribution in [0.4, 0.5) is 14.5 Å². The van der Waals surface area contributed by atoms with Gasteiger partial charge in [0.15, 0.2) is 5.11 Å². The van der Waals surface area contributed by atoms with E-state index in [4.69, 9.17) is 21.7 Å². The second-order valence-electron chi connectivity index (χ2n) is 5.35. The van der Waals surface area contributed by atoms with E-state index in [-0.39, 0.29) is 11.9 Å². The molecule has 1 fully saturated rings. The van der Waals surface area contributed by atoms with Gasteiger partial charge >= 0.3 is 6.61 Å². The zero-order valence-electron chi connectivity index (χ0n) is 13.3. The van der Waals surface area contributed by atoms with Gasteiger partial charge in [0.1, 0.15) is 5.75 Å². The minimum atomic E-state index is -2.82. The number of hydrogen-bond donors (Lipinski definition) is 2. The van der Waals surface area contributed by atoms with E-state index >= 15 is 0 Å². The first-order valence-corrected chi connectivity index (χ1v) is 8.33. The van der Waals surface area contributed by atoms with Crippen LogP contribution in [0.15, 0.2) is 24.3 Å². The predicted molar refractivity (Wildman–Crippen MR) is 91.7 cm³/mol. The molecule has 5 nitrogen and oxygen atoms in total. The highest BCUT2D eigenvalue weighted by molar-refractivity contribution is 7.80. The lowest BCUT2D eigenvalue weighted by Gasteiger charge is -2.12. The van der Waals surface area contributed by atoms with Crippen LogP contribution in [0.2, 0.25) is 0 Å². The number of alkyl halides is 2. The van der Waals surface area contributed by atoms with Crippen LogP contribution in [-0.2, 0) is 9.47 Å². The number of ether oxygens (including phenoxy) is 3. The molecule has 1 aliphatic heterocycles. The Kier molecular flexibility index (Phi) is 8.14. The molecular weight excluding hydrogens is 338 g/mol. The van der Waals surface area contributed by atoms with Crippen molar-refractivity contribution in [2.45, 2.75) is 32.0 Å². The lowest BCUT2D eigenvalue weighted by Crippen LogP contribution is -2.30. The summed E-state index contributed by atoms with van der Waals surface area (Å²) in [6.45, 7) is -0.00598. The van der Waals surface area contributed by atoms with Gasteiger partial charge in [-0.15, -0.1) is 0 Å². The quantitative estimate of drug-likeness (QED) is 0.521. The SMILES string of the molecule is FC(F)Oc1ccc(NC(=S)NCCCOC[C@H]2CCCO2)cc1. The molecule has 0 amide bonds. The Balaban J connectivity index is 1.54. The summed E-state index contributed by atoms with van der Waals surface area (Å²) in [6, 6.07) is 6.15. The van der Waals surface area contributed by atoms with E-state index in [1.54, 1.807) is 12.1 Å². The lowest BCUT2D eigenvalue weighted by molar-refractivity contribution is -0.0498. The van der Waals surface area contributed by atoms with Crippen LogP contribution in [0.5, 0.6) is 5.75 Å². The van der Waals surface area contributed by atoms with Crippen LogP contribution in [-0.4, -0.2) is 44.2 Å². The highest BCUT2D eigenvalue weighted by Crippen LogP contribution is 2.17. The van der Waals surface area contributed by atoms with Gasteiger partial charge in [-0.1, -0.05) is 0 Å². The van der Waals surface area contributed by atoms with Crippen molar-refractivity contribution in [3.05, 3.63) is 24.3 Å². The maximum absolute atomic E-state index is 12.1. The molecule has 0 bridgehead atoms. The second kappa shape index (κ2) is 10.4. The standard InChI is InChI=1S/C16H22F2N2O3S/c17-15(18)23-13-6-4-12(5-7-13)20-16(24)19-8-2-9-21-11-14-3-1-10-22-14/h4-7,14-15H,1-3,8-11H2,(H2,19,20,24)/t14-/m1/s1. The molecule has 0 unspecified atom stereocenters. The Labute approximate surface area is 145 Å². The van der Waals surface area contributed by atoms with E-state index < -0.39 is 6.61 Å². The van der Waals surface area contributed by atoms with Crippen molar-refractivity contribution in [3.63, 3.8) is 0 Å². The van der Waals surface area contributed by atoms with Crippen LogP contribution in [0.3, 0.4) is 0 Å². The summed E-state index contributed by atoms with van der Waals surface area (Å²) < 4.78 is 39.4. The molecule has 1 heterocycles. The van der Waals surface area contributed by atoms with Gasteiger partial charge in [0, 0.05) is 25.4 Å². The normalized spacial score (nSPS) is 17.0. The molecule has 1 aromatic rings. The van der Waals surface area contributed by atoms with Crippen LogP contribution in [0.1, 0.15) is 19.3 Å². The Morgan fingerprint density at radius 1 is 1.33 bits per heavy atom. The molecule has 0 aliphatic carbocycles. The van der Waals surface area contributed by atoms with Crippen LogP contribution in [0, 0.1) is 0 Å². The predicted octanol–water partition coefficient (Wildman–Crippen LogP) is 3.16. The highest BCUT2D eigenvalue weighted by atomic mass is 32.1. The maximum atomic E-state index is 12.1. The summed E-state index contributed by atoms with van der Waals surface area (Å²) in [5.74, 6) is 0.109. The average molecular weight is 360 g/mol. The molecule has 0 aromatic heterocycles. The average Bonchev–Trinajstić information content (AvgIpc) is 3.05. The van der Waals surface area contributed by atoms with Crippen molar-refractivity contribution in [3.8, 4) is 5.75 Å². The van der Waals surface area contributed by atoms with Crippen molar-refractivity contribution < 1.29 is 23.0 Å². The molecule has 0 saturated carbocycles. The molecule has 2 N–H and O–H groups in total. The first-order valence-electron chi connectivity index (χ1n) is 7.92. The molecule has 0 spiro atoms. The molecule has 0 radical (unpaired) electrons. The molecule has 134 valence electrons. The molecule has 1 aromatic carbocycles. The zero-order chi connectivity index (χ0) is 17.2. The van der Waals surface area contributed by atoms with E-state index in [0.29, 0.717) is 30.6 Å². The van der Waals surface area contributed by atoms with Crippen LogP contribution >= 0.6 is 12.2 Å². The van der Waals surface area contributed by atoms with Gasteiger partial charge in [0.25, 0.3) is 0 Å². The largest absolute Gasteiger partial charge is 0.435 e. The van der Waals surface area contributed by atoms with Crippen molar-refractivity contribution in [2.75, 3.05) is 31.7 Å². The molecule has 1 atom stereocenters. The lowest BCUT2D eigenvalue weighted by atomic mass is 10.2. The van der Waals surface area contributed by atoms with E-state index in [9.17, 15) is 8.78 Å². The molecule has 24 heavy (non-hydrogen) atoms. The van der Waals surface area contributed by atoms with E-state index in [2.05, 4.69) is 15.4 Å². The Hall–Kier alpha value is -1.51. The van der Waals surface area contributed by atoms with Crippen molar-refractivity contribution in [1.29, 1.82) is 0 Å². The van der Waals surface area contributed by atoms with Crippen molar-refractivity contribution in [1.82, 2.24) is 5.32 Å². The fraction of sp³-hybridized carbons (Fsp3) is 0.562. The first kappa shape index (κ1) is 18.8. The van der Waals surface area contributed by atoms with Crippen molar-refractivity contribution in [2.24, 2.45) is 0 Å². The van der Waals surface area contributed by atoms with E-state index in [1.807, 2.05) is 0 Å². The smallest absolute Gasteiger partial charge is 0.387 e. The summed E-state index contributed by atoms with van der Waals surface area (Å²) in [5.41, 5.74) is 0.698. The minimum absolute atomic E-state index is 0.109. The number of rotatable bonds is 9. The summed E-state index contributed by atoms with van der Waals surface area (Å²) in [7, 11) is 0. The monoisotopic (exact) mass is 360 g/mol. The van der Waals surface area contributed by atoms with Crippen molar-refractivity contribution >= 4 is 23.0 Å². The van der Waals surface area contributed by atoms with Gasteiger partial charge in [-0.3, -0.25) is 0 Å². The number of benzene rings is 1. The Morgan fingerprint density at radius 3 is 2.79 bits per heavy atom. The Bertz CT molecular complexity index is 497. The molecule has 2 rings (SSSR count). The fourth-order valence-electron chi connectivity index (χ4n) is 2.26. The summed E-state index contributed by atoms with van der Waals surface area (Å²) in [5, 5.41) is 6.51. The van der Waals surface area contributed by atoms with Gasteiger partial charge < -0.3 is 24.8 Å². The summed E-state index contributed by atoms with van der Waals surface area (Å²) in [4.78, 5) is 0. The number of thiocarbonyl (C=S) groups is 1. The van der Waals surface area contributed by atoms with Gasteiger partial charge in [-0.25, -0.2) is 0 Å². The topological polar surface area (TPSA) is 51.8 Å². The number of halogens is 2. The highest BCUT2D eigenvalue weighted by Gasteiger charge is 2.14. The second-order valence-corrected chi connectivity index (χ2v) is 5.76.